The summed E-state index contributed by atoms with van der Waals surface area (Å²) in [4.78, 5) is 25.1. The number of benzene rings is 2. The van der Waals surface area contributed by atoms with Gasteiger partial charge in [-0.15, -0.1) is 0 Å². The molecule has 0 heterocycles. The summed E-state index contributed by atoms with van der Waals surface area (Å²) in [6.07, 6.45) is 11.8. The Hall–Kier alpha value is -2.23. The zero-order chi connectivity index (χ0) is 28.7. The molecule has 5 nitrogen and oxygen atoms in total. The highest BCUT2D eigenvalue weighted by Crippen LogP contribution is 2.16. The van der Waals surface area contributed by atoms with Gasteiger partial charge in [0.1, 0.15) is 0 Å². The molecule has 7 heteroatoms. The molecule has 0 aromatic heterocycles. The predicted octanol–water partition coefficient (Wildman–Crippen LogP) is 6.63. The van der Waals surface area contributed by atoms with Crippen molar-refractivity contribution in [3.63, 3.8) is 0 Å². The molecule has 0 bridgehead atoms. The maximum Gasteiger partial charge on any atom is 0.251 e. The van der Waals surface area contributed by atoms with Gasteiger partial charge in [-0.2, -0.15) is 0 Å². The Balaban J connectivity index is 1.91. The maximum atomic E-state index is 12.5. The number of carbonyl (C=O) groups excluding carboxylic acids is 2. The number of hydrogen-bond donors (Lipinski definition) is 2. The summed E-state index contributed by atoms with van der Waals surface area (Å²) < 4.78 is 6.90. The fourth-order valence-electron chi connectivity index (χ4n) is 4.87. The van der Waals surface area contributed by atoms with Crippen LogP contribution in [0.4, 0.5) is 0 Å². The molecule has 0 atom stereocenters. The standard InChI is InChI=1S/C32H52N2O3Si2/c1-7-9-11-13-15-25-33-31(35)27-17-21-29(22-18-27)38(3,4)37-39(5,6)30-23-19-28(20-24-30)32(36)34-26-16-14-12-10-8-2/h17-24H,7-16,25-26H2,1-6H3,(H,33,35)(H,34,36). The van der Waals surface area contributed by atoms with Crippen molar-refractivity contribution in [2.45, 2.75) is 104 Å². The molecule has 0 radical (unpaired) electrons. The number of hydrogen-bond acceptors (Lipinski definition) is 3. The summed E-state index contributed by atoms with van der Waals surface area (Å²) in [6, 6.07) is 15.9. The van der Waals surface area contributed by atoms with E-state index in [4.69, 9.17) is 4.12 Å². The number of nitrogens with one attached hydrogen (secondary N) is 2. The van der Waals surface area contributed by atoms with Crippen LogP contribution in [0, 0.1) is 0 Å². The third-order valence-electron chi connectivity index (χ3n) is 7.33. The third kappa shape index (κ3) is 11.4. The second-order valence-electron chi connectivity index (χ2n) is 11.6. The Kier molecular flexibility index (Phi) is 14.2. The van der Waals surface area contributed by atoms with Crippen LogP contribution in [0.25, 0.3) is 0 Å². The molecule has 0 aliphatic heterocycles. The van der Waals surface area contributed by atoms with Gasteiger partial charge >= 0.3 is 0 Å². The van der Waals surface area contributed by atoms with Crippen molar-refractivity contribution in [1.82, 2.24) is 10.6 Å². The minimum Gasteiger partial charge on any atom is -0.449 e. The van der Waals surface area contributed by atoms with Gasteiger partial charge in [-0.25, -0.2) is 0 Å². The summed E-state index contributed by atoms with van der Waals surface area (Å²) in [5, 5.41) is 8.44. The van der Waals surface area contributed by atoms with E-state index in [2.05, 4.69) is 74.9 Å². The molecular formula is C32H52N2O3Si2. The van der Waals surface area contributed by atoms with E-state index in [1.165, 1.54) is 61.7 Å². The van der Waals surface area contributed by atoms with Crippen LogP contribution >= 0.6 is 0 Å². The van der Waals surface area contributed by atoms with Crippen LogP contribution in [0.5, 0.6) is 0 Å². The van der Waals surface area contributed by atoms with Crippen LogP contribution in [0.2, 0.25) is 26.2 Å². The van der Waals surface area contributed by atoms with Crippen molar-refractivity contribution in [3.05, 3.63) is 59.7 Å². The molecule has 2 aromatic carbocycles. The van der Waals surface area contributed by atoms with Crippen LogP contribution in [0.15, 0.2) is 48.5 Å². The predicted molar refractivity (Wildman–Crippen MR) is 170 cm³/mol. The molecular weight excluding hydrogens is 517 g/mol. The van der Waals surface area contributed by atoms with E-state index >= 15 is 0 Å². The molecule has 0 saturated carbocycles. The first kappa shape index (κ1) is 33.0. The van der Waals surface area contributed by atoms with Crippen molar-refractivity contribution in [2.75, 3.05) is 13.1 Å². The second-order valence-corrected chi connectivity index (χ2v) is 19.6. The topological polar surface area (TPSA) is 67.4 Å². The van der Waals surface area contributed by atoms with Crippen LogP contribution in [-0.4, -0.2) is 41.5 Å². The van der Waals surface area contributed by atoms with Crippen molar-refractivity contribution in [3.8, 4) is 0 Å². The number of amides is 2. The number of carbonyl (C=O) groups is 2. The van der Waals surface area contributed by atoms with Crippen molar-refractivity contribution in [2.24, 2.45) is 0 Å². The summed E-state index contributed by atoms with van der Waals surface area (Å²) in [5.74, 6) is -0.0134. The van der Waals surface area contributed by atoms with Gasteiger partial charge in [-0.1, -0.05) is 89.5 Å². The van der Waals surface area contributed by atoms with E-state index in [1.54, 1.807) is 0 Å². The summed E-state index contributed by atoms with van der Waals surface area (Å²) in [5.41, 5.74) is 1.40. The highest BCUT2D eigenvalue weighted by atomic mass is 28.4. The van der Waals surface area contributed by atoms with Gasteiger partial charge < -0.3 is 14.7 Å². The first-order valence-electron chi connectivity index (χ1n) is 15.1. The third-order valence-corrected chi connectivity index (χ3v) is 14.9. The first-order valence-corrected chi connectivity index (χ1v) is 20.9. The van der Waals surface area contributed by atoms with Crippen LogP contribution < -0.4 is 21.0 Å². The van der Waals surface area contributed by atoms with E-state index in [1.807, 2.05) is 24.3 Å². The lowest BCUT2D eigenvalue weighted by atomic mass is 10.1. The minimum atomic E-state index is -2.22. The molecule has 0 aliphatic rings. The van der Waals surface area contributed by atoms with Crippen molar-refractivity contribution >= 4 is 38.8 Å². The average Bonchev–Trinajstić information content (AvgIpc) is 2.92. The van der Waals surface area contributed by atoms with Gasteiger partial charge in [0.15, 0.2) is 0 Å². The van der Waals surface area contributed by atoms with Crippen molar-refractivity contribution in [1.29, 1.82) is 0 Å². The Morgan fingerprint density at radius 3 is 1.23 bits per heavy atom. The zero-order valence-electron chi connectivity index (χ0n) is 25.3. The molecule has 2 amide bonds. The molecule has 39 heavy (non-hydrogen) atoms. The molecule has 2 N–H and O–H groups in total. The lowest BCUT2D eigenvalue weighted by Crippen LogP contribution is -2.57. The lowest BCUT2D eigenvalue weighted by Gasteiger charge is -2.34. The van der Waals surface area contributed by atoms with E-state index in [9.17, 15) is 9.59 Å². The molecule has 0 aliphatic carbocycles. The van der Waals surface area contributed by atoms with Gasteiger partial charge in [0.25, 0.3) is 11.8 Å². The molecule has 0 saturated heterocycles. The molecule has 0 spiro atoms. The zero-order valence-corrected chi connectivity index (χ0v) is 27.3. The highest BCUT2D eigenvalue weighted by Gasteiger charge is 2.36. The fraction of sp³-hybridized carbons (Fsp3) is 0.562. The maximum absolute atomic E-state index is 12.5. The van der Waals surface area contributed by atoms with E-state index in [0.29, 0.717) is 11.1 Å². The molecule has 216 valence electrons. The van der Waals surface area contributed by atoms with Gasteiger partial charge in [-0.3, -0.25) is 9.59 Å². The molecule has 2 aromatic rings. The van der Waals surface area contributed by atoms with Gasteiger partial charge in [-0.05, 0) is 73.7 Å². The molecule has 0 unspecified atom stereocenters. The van der Waals surface area contributed by atoms with Crippen LogP contribution in [0.3, 0.4) is 0 Å². The Bertz CT molecular complexity index is 924. The van der Waals surface area contributed by atoms with Gasteiger partial charge in [0.05, 0.1) is 0 Å². The number of unbranched alkanes of at least 4 members (excludes halogenated alkanes) is 8. The smallest absolute Gasteiger partial charge is 0.251 e. The van der Waals surface area contributed by atoms with Gasteiger partial charge in [0, 0.05) is 24.2 Å². The quantitative estimate of drug-likeness (QED) is 0.157. The second kappa shape index (κ2) is 16.8. The Morgan fingerprint density at radius 1 is 0.564 bits per heavy atom. The average molecular weight is 569 g/mol. The molecule has 0 fully saturated rings. The van der Waals surface area contributed by atoms with E-state index in [0.717, 1.165) is 25.9 Å². The van der Waals surface area contributed by atoms with Crippen molar-refractivity contribution < 1.29 is 13.7 Å². The Morgan fingerprint density at radius 2 is 0.897 bits per heavy atom. The van der Waals surface area contributed by atoms with E-state index < -0.39 is 16.6 Å². The summed E-state index contributed by atoms with van der Waals surface area (Å²) in [7, 11) is -4.43. The summed E-state index contributed by atoms with van der Waals surface area (Å²) in [6.45, 7) is 14.7. The summed E-state index contributed by atoms with van der Waals surface area (Å²) >= 11 is 0. The minimum absolute atomic E-state index is 0.00671. The van der Waals surface area contributed by atoms with Crippen LogP contribution in [-0.2, 0) is 4.12 Å². The normalized spacial score (nSPS) is 11.8. The van der Waals surface area contributed by atoms with Gasteiger partial charge in [0.2, 0.25) is 16.6 Å². The largest absolute Gasteiger partial charge is 0.449 e. The fourth-order valence-corrected chi connectivity index (χ4v) is 12.9. The Labute approximate surface area is 239 Å². The first-order chi connectivity index (χ1) is 18.6. The monoisotopic (exact) mass is 568 g/mol. The van der Waals surface area contributed by atoms with Crippen LogP contribution in [0.1, 0.15) is 98.8 Å². The highest BCUT2D eigenvalue weighted by molar-refractivity contribution is 6.96. The van der Waals surface area contributed by atoms with E-state index in [-0.39, 0.29) is 11.8 Å². The number of rotatable bonds is 18. The molecule has 2 rings (SSSR count). The SMILES string of the molecule is CCCCCCCNC(=O)c1ccc([Si](C)(C)O[Si](C)(C)c2ccc(C(=O)NCCCCCCC)cc2)cc1. The lowest BCUT2D eigenvalue weighted by molar-refractivity contribution is 0.0944.